The summed E-state index contributed by atoms with van der Waals surface area (Å²) in [6.07, 6.45) is 0.696. The highest BCUT2D eigenvalue weighted by Gasteiger charge is 2.39. The minimum Gasteiger partial charge on any atom is -0.329 e. The van der Waals surface area contributed by atoms with Crippen LogP contribution in [0.1, 0.15) is 17.5 Å². The zero-order chi connectivity index (χ0) is 17.5. The molecule has 3 rings (SSSR count). The second-order valence-electron chi connectivity index (χ2n) is 6.91. The van der Waals surface area contributed by atoms with Gasteiger partial charge in [0.15, 0.2) is 9.84 Å². The molecular formula is C16H25N2O4S2+. The SMILES string of the molecule is Cc1ccc(S(=O)(=O)N2CC[NH+]([C@@H]3CCS(=O)(=O)C3)CC2)cc1C. The molecule has 1 atom stereocenters. The summed E-state index contributed by atoms with van der Waals surface area (Å²) < 4.78 is 50.4. The van der Waals surface area contributed by atoms with Gasteiger partial charge in [-0.05, 0) is 37.1 Å². The lowest BCUT2D eigenvalue weighted by molar-refractivity contribution is -0.925. The lowest BCUT2D eigenvalue weighted by Gasteiger charge is -2.34. The van der Waals surface area contributed by atoms with Crippen molar-refractivity contribution < 1.29 is 21.7 Å². The lowest BCUT2D eigenvalue weighted by atomic mass is 10.1. The Balaban J connectivity index is 1.68. The monoisotopic (exact) mass is 373 g/mol. The summed E-state index contributed by atoms with van der Waals surface area (Å²) in [5.41, 5.74) is 2.04. The summed E-state index contributed by atoms with van der Waals surface area (Å²) in [5.74, 6) is 0.512. The fraction of sp³-hybridized carbons (Fsp3) is 0.625. The van der Waals surface area contributed by atoms with Crippen molar-refractivity contribution >= 4 is 19.9 Å². The average molecular weight is 374 g/mol. The molecule has 8 heteroatoms. The Kier molecular flexibility index (Phi) is 4.76. The molecule has 0 radical (unpaired) electrons. The number of hydrogen-bond acceptors (Lipinski definition) is 4. The maximum atomic E-state index is 12.8. The number of rotatable bonds is 3. The number of benzene rings is 1. The number of piperazine rings is 1. The van der Waals surface area contributed by atoms with Gasteiger partial charge in [0.05, 0.1) is 36.8 Å². The quantitative estimate of drug-likeness (QED) is 0.766. The normalized spacial score (nSPS) is 25.8. The number of aryl methyl sites for hydroxylation is 2. The summed E-state index contributed by atoms with van der Waals surface area (Å²) in [5, 5.41) is 0. The van der Waals surface area contributed by atoms with Crippen LogP contribution in [0.3, 0.4) is 0 Å². The molecule has 1 aromatic rings. The Morgan fingerprint density at radius 2 is 1.79 bits per heavy atom. The molecule has 2 heterocycles. The third-order valence-corrected chi connectivity index (χ3v) is 8.95. The second-order valence-corrected chi connectivity index (χ2v) is 11.1. The first-order valence-corrected chi connectivity index (χ1v) is 11.6. The van der Waals surface area contributed by atoms with Gasteiger partial charge >= 0.3 is 0 Å². The van der Waals surface area contributed by atoms with E-state index in [1.165, 1.54) is 9.21 Å². The van der Waals surface area contributed by atoms with Gasteiger partial charge in [-0.1, -0.05) is 6.07 Å². The van der Waals surface area contributed by atoms with E-state index in [2.05, 4.69) is 0 Å². The molecular weight excluding hydrogens is 348 g/mol. The molecule has 2 fully saturated rings. The molecule has 2 saturated heterocycles. The van der Waals surface area contributed by atoms with Gasteiger partial charge in [-0.3, -0.25) is 0 Å². The van der Waals surface area contributed by atoms with Crippen LogP contribution in [0.2, 0.25) is 0 Å². The number of hydrogen-bond donors (Lipinski definition) is 1. The first-order valence-electron chi connectivity index (χ1n) is 8.31. The van der Waals surface area contributed by atoms with Gasteiger partial charge in [-0.25, -0.2) is 16.8 Å². The summed E-state index contributed by atoms with van der Waals surface area (Å²) in [6, 6.07) is 5.36. The van der Waals surface area contributed by atoms with Crippen molar-refractivity contribution in [3.05, 3.63) is 29.3 Å². The van der Waals surface area contributed by atoms with Gasteiger partial charge in [-0.15, -0.1) is 0 Å². The third-order valence-electron chi connectivity index (χ3n) is 5.29. The van der Waals surface area contributed by atoms with Crippen molar-refractivity contribution in [2.24, 2.45) is 0 Å². The molecule has 0 amide bonds. The van der Waals surface area contributed by atoms with Crippen LogP contribution in [0.5, 0.6) is 0 Å². The van der Waals surface area contributed by atoms with Crippen molar-refractivity contribution in [2.75, 3.05) is 37.7 Å². The van der Waals surface area contributed by atoms with E-state index in [1.807, 2.05) is 19.9 Å². The van der Waals surface area contributed by atoms with Gasteiger partial charge in [-0.2, -0.15) is 4.31 Å². The zero-order valence-electron chi connectivity index (χ0n) is 14.2. The number of sulfonamides is 1. The Morgan fingerprint density at radius 3 is 2.33 bits per heavy atom. The molecule has 0 aromatic heterocycles. The first-order chi connectivity index (χ1) is 11.2. The van der Waals surface area contributed by atoms with Crippen LogP contribution < -0.4 is 4.90 Å². The fourth-order valence-electron chi connectivity index (χ4n) is 3.56. The topological polar surface area (TPSA) is 76.0 Å². The van der Waals surface area contributed by atoms with E-state index >= 15 is 0 Å². The van der Waals surface area contributed by atoms with Crippen molar-refractivity contribution in [3.8, 4) is 0 Å². The Bertz CT molecular complexity index is 826. The molecule has 2 aliphatic rings. The fourth-order valence-corrected chi connectivity index (χ4v) is 6.92. The van der Waals surface area contributed by atoms with Crippen LogP contribution in [0.15, 0.2) is 23.1 Å². The largest absolute Gasteiger partial charge is 0.329 e. The molecule has 6 nitrogen and oxygen atoms in total. The molecule has 24 heavy (non-hydrogen) atoms. The molecule has 0 saturated carbocycles. The highest BCUT2D eigenvalue weighted by atomic mass is 32.2. The summed E-state index contributed by atoms with van der Waals surface area (Å²) >= 11 is 0. The molecule has 134 valence electrons. The first kappa shape index (κ1) is 17.8. The van der Waals surface area contributed by atoms with Crippen molar-refractivity contribution in [1.29, 1.82) is 0 Å². The van der Waals surface area contributed by atoms with Crippen LogP contribution >= 0.6 is 0 Å². The van der Waals surface area contributed by atoms with Crippen LogP contribution in [0, 0.1) is 13.8 Å². The van der Waals surface area contributed by atoms with Crippen molar-refractivity contribution in [3.63, 3.8) is 0 Å². The minimum absolute atomic E-state index is 0.126. The highest BCUT2D eigenvalue weighted by Crippen LogP contribution is 2.19. The average Bonchev–Trinajstić information content (AvgIpc) is 2.90. The Labute approximate surface area is 144 Å². The van der Waals surface area contributed by atoms with E-state index < -0.39 is 19.9 Å². The van der Waals surface area contributed by atoms with E-state index in [9.17, 15) is 16.8 Å². The van der Waals surface area contributed by atoms with Crippen LogP contribution in [0.4, 0.5) is 0 Å². The molecule has 2 aliphatic heterocycles. The maximum Gasteiger partial charge on any atom is 0.243 e. The molecule has 0 unspecified atom stereocenters. The lowest BCUT2D eigenvalue weighted by Crippen LogP contribution is -3.18. The maximum absolute atomic E-state index is 12.8. The van der Waals surface area contributed by atoms with Crippen molar-refractivity contribution in [1.82, 2.24) is 4.31 Å². The predicted octanol–water partition coefficient (Wildman–Crippen LogP) is -0.620. The van der Waals surface area contributed by atoms with Gasteiger partial charge in [0.25, 0.3) is 0 Å². The van der Waals surface area contributed by atoms with E-state index in [0.29, 0.717) is 37.5 Å². The van der Waals surface area contributed by atoms with Crippen LogP contribution in [0.25, 0.3) is 0 Å². The Hall–Kier alpha value is -0.960. The van der Waals surface area contributed by atoms with E-state index in [1.54, 1.807) is 12.1 Å². The highest BCUT2D eigenvalue weighted by molar-refractivity contribution is 7.91. The molecule has 0 bridgehead atoms. The van der Waals surface area contributed by atoms with E-state index in [0.717, 1.165) is 11.1 Å². The summed E-state index contributed by atoms with van der Waals surface area (Å²) in [6.45, 7) is 6.11. The molecule has 0 aliphatic carbocycles. The summed E-state index contributed by atoms with van der Waals surface area (Å²) in [7, 11) is -6.36. The summed E-state index contributed by atoms with van der Waals surface area (Å²) in [4.78, 5) is 1.57. The predicted molar refractivity (Wildman–Crippen MR) is 92.4 cm³/mol. The van der Waals surface area contributed by atoms with Crippen molar-refractivity contribution in [2.45, 2.75) is 31.2 Å². The van der Waals surface area contributed by atoms with Gasteiger partial charge < -0.3 is 4.90 Å². The van der Waals surface area contributed by atoms with Crippen LogP contribution in [-0.2, 0) is 19.9 Å². The molecule has 1 N–H and O–H groups in total. The van der Waals surface area contributed by atoms with E-state index in [-0.39, 0.29) is 17.5 Å². The zero-order valence-corrected chi connectivity index (χ0v) is 15.8. The smallest absolute Gasteiger partial charge is 0.243 e. The van der Waals surface area contributed by atoms with Gasteiger partial charge in [0, 0.05) is 6.42 Å². The minimum atomic E-state index is -3.47. The Morgan fingerprint density at radius 1 is 1.12 bits per heavy atom. The molecule has 0 spiro atoms. The van der Waals surface area contributed by atoms with Gasteiger partial charge in [0.2, 0.25) is 10.0 Å². The van der Waals surface area contributed by atoms with Crippen LogP contribution in [-0.4, -0.2) is 64.9 Å². The second kappa shape index (κ2) is 6.40. The van der Waals surface area contributed by atoms with Gasteiger partial charge in [0.1, 0.15) is 11.8 Å². The number of sulfone groups is 1. The standard InChI is InChI=1S/C16H24N2O4S2/c1-13-3-4-16(11-14(13)2)24(21,22)18-8-6-17(7-9-18)15-5-10-23(19,20)12-15/h3-4,11,15H,5-10,12H2,1-2H3/p+1/t15-/m1/s1. The van der Waals surface area contributed by atoms with E-state index in [4.69, 9.17) is 0 Å². The molecule has 1 aromatic carbocycles. The number of nitrogens with zero attached hydrogens (tertiary/aromatic N) is 1. The number of nitrogens with one attached hydrogen (secondary N) is 1. The number of quaternary nitrogens is 1. The third kappa shape index (κ3) is 3.51.